The third-order valence-corrected chi connectivity index (χ3v) is 4.19. The van der Waals surface area contributed by atoms with E-state index in [0.29, 0.717) is 24.0 Å². The summed E-state index contributed by atoms with van der Waals surface area (Å²) in [6.45, 7) is 0.698. The molecular formula is C13H14ClN7O2. The Balaban J connectivity index is 1.77. The Hall–Kier alpha value is -2.35. The van der Waals surface area contributed by atoms with Crippen molar-refractivity contribution in [1.82, 2.24) is 19.4 Å². The summed E-state index contributed by atoms with van der Waals surface area (Å²) in [4.78, 5) is 24.8. The number of aliphatic hydroxyl groups is 1. The van der Waals surface area contributed by atoms with Crippen molar-refractivity contribution in [3.05, 3.63) is 34.2 Å². The molecule has 0 radical (unpaired) electrons. The van der Waals surface area contributed by atoms with E-state index in [-0.39, 0.29) is 24.1 Å². The minimum atomic E-state index is -0.717. The number of piperidine rings is 1. The fraction of sp³-hybridized carbons (Fsp3) is 0.462. The number of fused-ring (bicyclic) bond motifs is 1. The van der Waals surface area contributed by atoms with Gasteiger partial charge in [0.2, 0.25) is 5.91 Å². The van der Waals surface area contributed by atoms with Gasteiger partial charge in [-0.1, -0.05) is 16.7 Å². The minimum absolute atomic E-state index is 0.0790. The number of carbonyl (C=O) groups excluding carboxylic acids is 1. The Labute approximate surface area is 136 Å². The van der Waals surface area contributed by atoms with Gasteiger partial charge in [-0.2, -0.15) is 0 Å². The molecule has 0 aromatic carbocycles. The predicted molar refractivity (Wildman–Crippen MR) is 82.7 cm³/mol. The van der Waals surface area contributed by atoms with E-state index < -0.39 is 12.1 Å². The standard InChI is InChI=1S/C13H14ClN7O2/c14-13-12-8(16-7-17-13)1-3-21(12)6-11(23)20-4-2-10(22)9(5-20)18-19-15/h1,3,7,9-10,22H,2,4-6H2/t9-,10-/m1/s1. The molecule has 0 aliphatic carbocycles. The van der Waals surface area contributed by atoms with Crippen LogP contribution in [0.3, 0.4) is 0 Å². The third-order valence-electron chi connectivity index (χ3n) is 3.91. The fourth-order valence-electron chi connectivity index (χ4n) is 2.70. The van der Waals surface area contributed by atoms with E-state index in [2.05, 4.69) is 20.0 Å². The molecule has 0 spiro atoms. The molecule has 3 rings (SSSR count). The molecule has 2 aromatic rings. The molecule has 1 N–H and O–H groups in total. The first-order valence-corrected chi connectivity index (χ1v) is 7.43. The van der Waals surface area contributed by atoms with Gasteiger partial charge in [0.25, 0.3) is 0 Å². The van der Waals surface area contributed by atoms with Crippen LogP contribution in [0.5, 0.6) is 0 Å². The second-order valence-electron chi connectivity index (χ2n) is 5.31. The summed E-state index contributed by atoms with van der Waals surface area (Å²) in [6.07, 6.45) is 2.76. The highest BCUT2D eigenvalue weighted by atomic mass is 35.5. The normalized spacial score (nSPS) is 21.2. The molecule has 1 fully saturated rings. The number of azide groups is 1. The summed E-state index contributed by atoms with van der Waals surface area (Å²) in [5.74, 6) is -0.146. The lowest BCUT2D eigenvalue weighted by atomic mass is 10.0. The number of hydrogen-bond donors (Lipinski definition) is 1. The van der Waals surface area contributed by atoms with Crippen molar-refractivity contribution in [2.75, 3.05) is 13.1 Å². The largest absolute Gasteiger partial charge is 0.393 e. The smallest absolute Gasteiger partial charge is 0.242 e. The molecular weight excluding hydrogens is 322 g/mol. The van der Waals surface area contributed by atoms with E-state index in [1.165, 1.54) is 6.33 Å². The average molecular weight is 336 g/mol. The molecule has 1 amide bonds. The van der Waals surface area contributed by atoms with Gasteiger partial charge in [0.05, 0.1) is 17.7 Å². The zero-order valence-electron chi connectivity index (χ0n) is 12.1. The van der Waals surface area contributed by atoms with Crippen molar-refractivity contribution in [1.29, 1.82) is 0 Å². The van der Waals surface area contributed by atoms with Gasteiger partial charge in [0.1, 0.15) is 18.4 Å². The number of hydrogen-bond acceptors (Lipinski definition) is 5. The monoisotopic (exact) mass is 335 g/mol. The van der Waals surface area contributed by atoms with Crippen LogP contribution in [0.4, 0.5) is 0 Å². The van der Waals surface area contributed by atoms with E-state index in [0.717, 1.165) is 0 Å². The van der Waals surface area contributed by atoms with Gasteiger partial charge >= 0.3 is 0 Å². The highest BCUT2D eigenvalue weighted by molar-refractivity contribution is 6.33. The number of amides is 1. The van der Waals surface area contributed by atoms with Crippen LogP contribution in [-0.2, 0) is 11.3 Å². The third kappa shape index (κ3) is 3.07. The van der Waals surface area contributed by atoms with Crippen molar-refractivity contribution in [2.24, 2.45) is 5.11 Å². The second-order valence-corrected chi connectivity index (χ2v) is 5.67. The molecule has 120 valence electrons. The maximum absolute atomic E-state index is 12.5. The van der Waals surface area contributed by atoms with Crippen molar-refractivity contribution >= 4 is 28.5 Å². The van der Waals surface area contributed by atoms with E-state index in [4.69, 9.17) is 17.1 Å². The van der Waals surface area contributed by atoms with Gasteiger partial charge in [-0.25, -0.2) is 9.97 Å². The summed E-state index contributed by atoms with van der Waals surface area (Å²) in [5.41, 5.74) is 9.80. The van der Waals surface area contributed by atoms with Gasteiger partial charge in [0.15, 0.2) is 5.15 Å². The van der Waals surface area contributed by atoms with Gasteiger partial charge in [-0.15, -0.1) is 0 Å². The van der Waals surface area contributed by atoms with Crippen LogP contribution in [0.15, 0.2) is 23.7 Å². The van der Waals surface area contributed by atoms with Crippen molar-refractivity contribution in [3.8, 4) is 0 Å². The topological polar surface area (TPSA) is 120 Å². The molecule has 23 heavy (non-hydrogen) atoms. The number of likely N-dealkylation sites (tertiary alicyclic amines) is 1. The molecule has 1 aliphatic rings. The number of halogens is 1. The molecule has 9 nitrogen and oxygen atoms in total. The molecule has 0 bridgehead atoms. The SMILES string of the molecule is [N-]=[N+]=N[C@@H]1CN(C(=O)Cn2ccc3ncnc(Cl)c32)CC[C@H]1O. The maximum atomic E-state index is 12.5. The lowest BCUT2D eigenvalue weighted by Crippen LogP contribution is -2.49. The number of nitrogens with zero attached hydrogens (tertiary/aromatic N) is 7. The van der Waals surface area contributed by atoms with E-state index in [1.54, 1.807) is 21.7 Å². The number of aliphatic hydroxyl groups excluding tert-OH is 1. The van der Waals surface area contributed by atoms with Crippen LogP contribution in [0.25, 0.3) is 21.5 Å². The summed E-state index contributed by atoms with van der Waals surface area (Å²) >= 11 is 6.07. The Morgan fingerprint density at radius 1 is 1.57 bits per heavy atom. The summed E-state index contributed by atoms with van der Waals surface area (Å²) < 4.78 is 1.69. The first-order chi connectivity index (χ1) is 11.1. The molecule has 0 unspecified atom stereocenters. The average Bonchev–Trinajstić information content (AvgIpc) is 2.94. The van der Waals surface area contributed by atoms with Crippen LogP contribution in [0, 0.1) is 0 Å². The van der Waals surface area contributed by atoms with Gasteiger partial charge < -0.3 is 14.6 Å². The van der Waals surface area contributed by atoms with Crippen molar-refractivity contribution in [2.45, 2.75) is 25.1 Å². The van der Waals surface area contributed by atoms with Crippen LogP contribution in [0.2, 0.25) is 5.15 Å². The van der Waals surface area contributed by atoms with E-state index >= 15 is 0 Å². The molecule has 1 saturated heterocycles. The van der Waals surface area contributed by atoms with Crippen LogP contribution < -0.4 is 0 Å². The van der Waals surface area contributed by atoms with Crippen LogP contribution in [0.1, 0.15) is 6.42 Å². The van der Waals surface area contributed by atoms with Crippen molar-refractivity contribution < 1.29 is 9.90 Å². The zero-order valence-corrected chi connectivity index (χ0v) is 12.8. The Bertz CT molecular complexity index is 786. The van der Waals surface area contributed by atoms with E-state index in [1.807, 2.05) is 0 Å². The first-order valence-electron chi connectivity index (χ1n) is 7.05. The number of rotatable bonds is 3. The highest BCUT2D eigenvalue weighted by Gasteiger charge is 2.29. The second kappa shape index (κ2) is 6.41. The summed E-state index contributed by atoms with van der Waals surface area (Å²) in [5, 5.41) is 13.6. The quantitative estimate of drug-likeness (QED) is 0.394. The summed E-state index contributed by atoms with van der Waals surface area (Å²) in [7, 11) is 0. The lowest BCUT2D eigenvalue weighted by molar-refractivity contribution is -0.134. The molecule has 10 heteroatoms. The molecule has 3 heterocycles. The zero-order chi connectivity index (χ0) is 16.4. The highest BCUT2D eigenvalue weighted by Crippen LogP contribution is 2.21. The molecule has 1 aliphatic heterocycles. The van der Waals surface area contributed by atoms with Gasteiger partial charge in [0, 0.05) is 24.2 Å². The Morgan fingerprint density at radius 3 is 3.17 bits per heavy atom. The van der Waals surface area contributed by atoms with Crippen LogP contribution >= 0.6 is 11.6 Å². The molecule has 0 saturated carbocycles. The van der Waals surface area contributed by atoms with Crippen molar-refractivity contribution in [3.63, 3.8) is 0 Å². The Morgan fingerprint density at radius 2 is 2.39 bits per heavy atom. The van der Waals surface area contributed by atoms with Crippen LogP contribution in [-0.4, -0.2) is 55.7 Å². The molecule has 2 aromatic heterocycles. The van der Waals surface area contributed by atoms with E-state index in [9.17, 15) is 9.90 Å². The minimum Gasteiger partial charge on any atom is -0.393 e. The summed E-state index contributed by atoms with van der Waals surface area (Å²) in [6, 6.07) is 1.14. The Kier molecular flexibility index (Phi) is 4.33. The van der Waals surface area contributed by atoms with Gasteiger partial charge in [-0.3, -0.25) is 4.79 Å². The van der Waals surface area contributed by atoms with Gasteiger partial charge in [-0.05, 0) is 18.0 Å². The first kappa shape index (κ1) is 15.5. The molecule has 2 atom stereocenters. The number of aromatic nitrogens is 3. The predicted octanol–water partition coefficient (Wildman–Crippen LogP) is 1.36. The lowest BCUT2D eigenvalue weighted by Gasteiger charge is -2.34. The fourth-order valence-corrected chi connectivity index (χ4v) is 2.94. The maximum Gasteiger partial charge on any atom is 0.242 e. The number of carbonyl (C=O) groups is 1.